The van der Waals surface area contributed by atoms with Crippen LogP contribution in [-0.4, -0.2) is 11.7 Å². The smallest absolute Gasteiger partial charge is 0.250 e. The van der Waals surface area contributed by atoms with Crippen LogP contribution in [0.4, 0.5) is 5.69 Å². The summed E-state index contributed by atoms with van der Waals surface area (Å²) < 4.78 is 0. The fourth-order valence-electron chi connectivity index (χ4n) is 1.91. The molecule has 0 unspecified atom stereocenters. The van der Waals surface area contributed by atoms with Crippen molar-refractivity contribution in [3.05, 3.63) is 76.3 Å². The third-order valence-corrected chi connectivity index (χ3v) is 3.54. The fraction of sp³-hybridized carbons (Fsp3) is 0.111. The lowest BCUT2D eigenvalue weighted by Crippen LogP contribution is -2.15. The van der Waals surface area contributed by atoms with E-state index in [0.29, 0.717) is 27.4 Å². The van der Waals surface area contributed by atoms with E-state index in [0.717, 1.165) is 0 Å². The fourth-order valence-corrected chi connectivity index (χ4v) is 2.08. The summed E-state index contributed by atoms with van der Waals surface area (Å²) >= 11 is 6.00. The van der Waals surface area contributed by atoms with E-state index in [9.17, 15) is 9.59 Å². The van der Waals surface area contributed by atoms with E-state index in [1.807, 2.05) is 6.07 Å². The van der Waals surface area contributed by atoms with Crippen LogP contribution in [0, 0.1) is 0 Å². The van der Waals surface area contributed by atoms with E-state index in [-0.39, 0.29) is 11.7 Å². The summed E-state index contributed by atoms with van der Waals surface area (Å²) in [5.74, 6) is -0.427. The zero-order chi connectivity index (χ0) is 16.1. The number of carbonyl (C=O) groups is 2. The molecule has 0 aliphatic rings. The van der Waals surface area contributed by atoms with Gasteiger partial charge in [0, 0.05) is 21.7 Å². The molecule has 0 heterocycles. The number of amides is 1. The van der Waals surface area contributed by atoms with Crippen LogP contribution in [0.3, 0.4) is 0 Å². The van der Waals surface area contributed by atoms with Crippen molar-refractivity contribution in [2.75, 3.05) is 5.32 Å². The Labute approximate surface area is 134 Å². The Hall–Kier alpha value is -2.39. The van der Waals surface area contributed by atoms with Crippen molar-refractivity contribution >= 4 is 29.0 Å². The maximum absolute atomic E-state index is 12.6. The van der Waals surface area contributed by atoms with Crippen molar-refractivity contribution in [3.63, 3.8) is 0 Å². The van der Waals surface area contributed by atoms with E-state index in [1.165, 1.54) is 0 Å². The summed E-state index contributed by atoms with van der Waals surface area (Å²) in [6, 6.07) is 13.7. The number of halogens is 1. The van der Waals surface area contributed by atoms with E-state index >= 15 is 0 Å². The molecule has 0 saturated carbocycles. The van der Waals surface area contributed by atoms with Crippen LogP contribution in [0.1, 0.15) is 29.8 Å². The highest BCUT2D eigenvalue weighted by molar-refractivity contribution is 6.31. The number of anilines is 1. The zero-order valence-corrected chi connectivity index (χ0v) is 13.1. The Kier molecular flexibility index (Phi) is 5.12. The standard InChI is InChI=1S/C18H16ClNO2/c1-3-12(2)18(22)20-16-10-9-14(19)11-15(16)17(21)13-7-5-4-6-8-13/h3-11H,1-2H3,(H,20,22). The van der Waals surface area contributed by atoms with Crippen molar-refractivity contribution in [2.24, 2.45) is 0 Å². The molecule has 1 amide bonds. The van der Waals surface area contributed by atoms with Gasteiger partial charge in [0.15, 0.2) is 5.78 Å². The first kappa shape index (κ1) is 16.0. The molecule has 0 spiro atoms. The largest absolute Gasteiger partial charge is 0.322 e. The Morgan fingerprint density at radius 2 is 1.77 bits per heavy atom. The average molecular weight is 314 g/mol. The Morgan fingerprint density at radius 3 is 2.41 bits per heavy atom. The maximum atomic E-state index is 12.6. The summed E-state index contributed by atoms with van der Waals surface area (Å²) in [5, 5.41) is 3.20. The zero-order valence-electron chi connectivity index (χ0n) is 12.4. The molecule has 2 aromatic carbocycles. The molecule has 0 fully saturated rings. The molecular formula is C18H16ClNO2. The molecule has 0 saturated heterocycles. The van der Waals surface area contributed by atoms with Gasteiger partial charge in [0.25, 0.3) is 5.91 Å². The van der Waals surface area contributed by atoms with Gasteiger partial charge in [-0.2, -0.15) is 0 Å². The molecule has 0 aromatic heterocycles. The molecule has 0 bridgehead atoms. The average Bonchev–Trinajstić information content (AvgIpc) is 2.55. The number of hydrogen-bond donors (Lipinski definition) is 1. The minimum Gasteiger partial charge on any atom is -0.322 e. The number of carbonyl (C=O) groups excluding carboxylic acids is 2. The summed E-state index contributed by atoms with van der Waals surface area (Å²) in [6.45, 7) is 3.50. The van der Waals surface area contributed by atoms with Crippen LogP contribution < -0.4 is 5.32 Å². The van der Waals surface area contributed by atoms with Gasteiger partial charge in [-0.05, 0) is 32.0 Å². The van der Waals surface area contributed by atoms with E-state index < -0.39 is 0 Å². The Balaban J connectivity index is 2.41. The van der Waals surface area contributed by atoms with E-state index in [4.69, 9.17) is 11.6 Å². The highest BCUT2D eigenvalue weighted by Crippen LogP contribution is 2.24. The normalized spacial score (nSPS) is 11.1. The molecular weight excluding hydrogens is 298 g/mol. The van der Waals surface area contributed by atoms with Gasteiger partial charge in [-0.3, -0.25) is 9.59 Å². The lowest BCUT2D eigenvalue weighted by molar-refractivity contribution is -0.112. The van der Waals surface area contributed by atoms with Crippen molar-refractivity contribution in [1.82, 2.24) is 0 Å². The molecule has 0 aliphatic carbocycles. The van der Waals surface area contributed by atoms with Crippen LogP contribution in [0.25, 0.3) is 0 Å². The highest BCUT2D eigenvalue weighted by Gasteiger charge is 2.16. The molecule has 3 nitrogen and oxygen atoms in total. The summed E-state index contributed by atoms with van der Waals surface area (Å²) in [4.78, 5) is 24.6. The number of hydrogen-bond acceptors (Lipinski definition) is 2. The molecule has 2 rings (SSSR count). The third-order valence-electron chi connectivity index (χ3n) is 3.30. The first-order chi connectivity index (χ1) is 10.5. The van der Waals surface area contributed by atoms with Gasteiger partial charge in [0.05, 0.1) is 5.69 Å². The molecule has 4 heteroatoms. The second kappa shape index (κ2) is 7.05. The molecule has 22 heavy (non-hydrogen) atoms. The minimum atomic E-state index is -0.244. The SMILES string of the molecule is CC=C(C)C(=O)Nc1ccc(Cl)cc1C(=O)c1ccccc1. The van der Waals surface area contributed by atoms with Gasteiger partial charge in [0.1, 0.15) is 0 Å². The third kappa shape index (κ3) is 3.62. The topological polar surface area (TPSA) is 46.2 Å². The minimum absolute atomic E-state index is 0.184. The van der Waals surface area contributed by atoms with Crippen LogP contribution in [0.5, 0.6) is 0 Å². The van der Waals surface area contributed by atoms with Gasteiger partial charge >= 0.3 is 0 Å². The molecule has 112 valence electrons. The van der Waals surface area contributed by atoms with Crippen molar-refractivity contribution < 1.29 is 9.59 Å². The Morgan fingerprint density at radius 1 is 1.09 bits per heavy atom. The van der Waals surface area contributed by atoms with Crippen LogP contribution in [-0.2, 0) is 4.79 Å². The number of rotatable bonds is 4. The molecule has 0 atom stereocenters. The van der Waals surface area contributed by atoms with E-state index in [2.05, 4.69) is 5.32 Å². The first-order valence-electron chi connectivity index (χ1n) is 6.86. The van der Waals surface area contributed by atoms with Crippen molar-refractivity contribution in [3.8, 4) is 0 Å². The van der Waals surface area contributed by atoms with Gasteiger partial charge in [-0.15, -0.1) is 0 Å². The predicted molar refractivity (Wildman–Crippen MR) is 89.4 cm³/mol. The number of benzene rings is 2. The van der Waals surface area contributed by atoms with Crippen LogP contribution in [0.2, 0.25) is 5.02 Å². The number of ketones is 1. The van der Waals surface area contributed by atoms with Gasteiger partial charge in [0.2, 0.25) is 0 Å². The second-order valence-electron chi connectivity index (χ2n) is 4.81. The molecule has 0 radical (unpaired) electrons. The summed E-state index contributed by atoms with van der Waals surface area (Å²) in [5.41, 5.74) is 1.94. The number of allylic oxidation sites excluding steroid dienone is 1. The van der Waals surface area contributed by atoms with E-state index in [1.54, 1.807) is 62.4 Å². The number of nitrogens with one attached hydrogen (secondary N) is 1. The highest BCUT2D eigenvalue weighted by atomic mass is 35.5. The molecule has 1 N–H and O–H groups in total. The van der Waals surface area contributed by atoms with Gasteiger partial charge in [-0.1, -0.05) is 48.0 Å². The predicted octanol–water partition coefficient (Wildman–Crippen LogP) is 4.48. The van der Waals surface area contributed by atoms with Crippen molar-refractivity contribution in [1.29, 1.82) is 0 Å². The Bertz CT molecular complexity index is 736. The van der Waals surface area contributed by atoms with Gasteiger partial charge < -0.3 is 5.32 Å². The monoisotopic (exact) mass is 313 g/mol. The van der Waals surface area contributed by atoms with Gasteiger partial charge in [-0.25, -0.2) is 0 Å². The lowest BCUT2D eigenvalue weighted by atomic mass is 10.0. The molecule has 0 aliphatic heterocycles. The maximum Gasteiger partial charge on any atom is 0.250 e. The van der Waals surface area contributed by atoms with Crippen molar-refractivity contribution in [2.45, 2.75) is 13.8 Å². The van der Waals surface area contributed by atoms with Crippen LogP contribution in [0.15, 0.2) is 60.2 Å². The quantitative estimate of drug-likeness (QED) is 0.668. The first-order valence-corrected chi connectivity index (χ1v) is 7.24. The molecule has 2 aromatic rings. The summed E-state index contributed by atoms with van der Waals surface area (Å²) in [7, 11) is 0. The summed E-state index contributed by atoms with van der Waals surface area (Å²) in [6.07, 6.45) is 1.71. The second-order valence-corrected chi connectivity index (χ2v) is 5.25. The van der Waals surface area contributed by atoms with Crippen LogP contribution >= 0.6 is 11.6 Å². The lowest BCUT2D eigenvalue weighted by Gasteiger charge is -2.11.